The van der Waals surface area contributed by atoms with Crippen LogP contribution in [0.25, 0.3) is 16.6 Å². The molecule has 1 aromatic carbocycles. The third kappa shape index (κ3) is 8.75. The molecule has 1 unspecified atom stereocenters. The van der Waals surface area contributed by atoms with Crippen molar-refractivity contribution < 1.29 is 41.8 Å². The first-order valence-corrected chi connectivity index (χ1v) is 21.4. The molecule has 4 aliphatic rings. The summed E-state index contributed by atoms with van der Waals surface area (Å²) in [5.74, 6) is -0.223. The van der Waals surface area contributed by atoms with Crippen LogP contribution in [0.2, 0.25) is 0 Å². The Hall–Kier alpha value is -4.84. The second kappa shape index (κ2) is 15.6. The zero-order chi connectivity index (χ0) is 39.8. The van der Waals surface area contributed by atoms with E-state index in [-0.39, 0.29) is 31.0 Å². The van der Waals surface area contributed by atoms with E-state index in [0.717, 1.165) is 11.8 Å². The minimum absolute atomic E-state index is 0.00772. The number of benzene rings is 1. The molecule has 2 saturated carbocycles. The molecule has 7 rings (SSSR count). The zero-order valence-electron chi connectivity index (χ0n) is 31.7. The normalized spacial score (nSPS) is 26.5. The van der Waals surface area contributed by atoms with Gasteiger partial charge in [-0.15, -0.1) is 0 Å². The first-order chi connectivity index (χ1) is 26.7. The number of carbonyl (C=O) groups excluding carboxylic acids is 4. The SMILES string of the molecule is COc1ccc2c(OC3C[C@H]4C(=O)N[C@]5(C(=O)NS(=O)(=O)C6CC6)C[C@H]5/C=C\CCCSC[C@H](NC(=O)OC(C)(C)C)C(=O)N4C3)nc(-n3cccn3)cc2c1. The summed E-state index contributed by atoms with van der Waals surface area (Å²) < 4.78 is 47.1. The predicted molar refractivity (Wildman–Crippen MR) is 208 cm³/mol. The van der Waals surface area contributed by atoms with Crippen LogP contribution in [0.15, 0.2) is 54.9 Å². The van der Waals surface area contributed by atoms with Crippen LogP contribution in [0.4, 0.5) is 4.79 Å². The minimum Gasteiger partial charge on any atom is -0.497 e. The molecule has 2 aliphatic heterocycles. The molecule has 300 valence electrons. The van der Waals surface area contributed by atoms with Gasteiger partial charge in [-0.25, -0.2) is 17.9 Å². The molecule has 2 aromatic heterocycles. The number of pyridine rings is 1. The Morgan fingerprint density at radius 1 is 1.14 bits per heavy atom. The number of hydrogen-bond donors (Lipinski definition) is 3. The van der Waals surface area contributed by atoms with Gasteiger partial charge in [-0.2, -0.15) is 21.8 Å². The highest BCUT2D eigenvalue weighted by molar-refractivity contribution is 7.99. The standard InChI is InChI=1S/C38H47N7O9S2/c1-37(2,3)54-36(49)40-29-22-55-16-7-5-6-9-24-20-38(24,35(48)43-56(50,51)27-11-12-27)42-32(46)30-19-26(21-44(30)34(29)47)53-33-28-13-10-25(52-4)17-23(28)18-31(41-33)45-15-8-14-39-45/h6,8-10,13-15,17-18,24,26-27,29-30H,5,7,11-12,16,19-22H2,1-4H3,(H,40,49)(H,42,46)(H,43,48)/b9-6-/t24-,26?,29+,30+,38-/m1/s1. The monoisotopic (exact) mass is 809 g/mol. The Labute approximate surface area is 329 Å². The number of alkyl carbamates (subject to hydrolysis) is 1. The first kappa shape index (κ1) is 39.4. The van der Waals surface area contributed by atoms with Gasteiger partial charge in [-0.05, 0) is 94.3 Å². The summed E-state index contributed by atoms with van der Waals surface area (Å²) >= 11 is 1.49. The highest BCUT2D eigenvalue weighted by Gasteiger charge is 2.62. The van der Waals surface area contributed by atoms with Crippen molar-refractivity contribution in [1.29, 1.82) is 0 Å². The van der Waals surface area contributed by atoms with Crippen LogP contribution in [0.3, 0.4) is 0 Å². The van der Waals surface area contributed by atoms with E-state index in [4.69, 9.17) is 19.2 Å². The van der Waals surface area contributed by atoms with Gasteiger partial charge in [-0.3, -0.25) is 19.1 Å². The van der Waals surface area contributed by atoms with Crippen LogP contribution in [-0.4, -0.2) is 112 Å². The van der Waals surface area contributed by atoms with E-state index in [1.54, 1.807) is 57.1 Å². The molecule has 4 amide bonds. The van der Waals surface area contributed by atoms with Crippen molar-refractivity contribution in [3.8, 4) is 17.4 Å². The van der Waals surface area contributed by atoms with Crippen molar-refractivity contribution >= 4 is 56.4 Å². The van der Waals surface area contributed by atoms with Crippen molar-refractivity contribution in [1.82, 2.24) is 35.0 Å². The van der Waals surface area contributed by atoms with Crippen molar-refractivity contribution in [3.63, 3.8) is 0 Å². The molecule has 2 aliphatic carbocycles. The third-order valence-corrected chi connectivity index (χ3v) is 13.1. The molecular formula is C38H47N7O9S2. The van der Waals surface area contributed by atoms with E-state index in [1.807, 2.05) is 30.4 Å². The van der Waals surface area contributed by atoms with Crippen LogP contribution < -0.4 is 24.8 Å². The van der Waals surface area contributed by atoms with Gasteiger partial charge in [0.1, 0.15) is 35.1 Å². The number of allylic oxidation sites excluding steroid dienone is 1. The summed E-state index contributed by atoms with van der Waals surface area (Å²) in [5, 5.41) is 10.7. The van der Waals surface area contributed by atoms with Gasteiger partial charge >= 0.3 is 6.09 Å². The Morgan fingerprint density at radius 2 is 1.95 bits per heavy atom. The lowest BCUT2D eigenvalue weighted by Gasteiger charge is -2.30. The number of aromatic nitrogens is 3. The maximum Gasteiger partial charge on any atom is 0.408 e. The number of nitrogens with one attached hydrogen (secondary N) is 3. The Kier molecular flexibility index (Phi) is 11.0. The quantitative estimate of drug-likeness (QED) is 0.281. The van der Waals surface area contributed by atoms with Gasteiger partial charge in [0.2, 0.25) is 27.7 Å². The molecule has 5 atom stereocenters. The molecule has 0 spiro atoms. The maximum atomic E-state index is 14.6. The first-order valence-electron chi connectivity index (χ1n) is 18.7. The van der Waals surface area contributed by atoms with Crippen molar-refractivity contribution in [3.05, 3.63) is 54.9 Å². The Morgan fingerprint density at radius 3 is 2.66 bits per heavy atom. The smallest absolute Gasteiger partial charge is 0.408 e. The second-order valence-corrected chi connectivity index (χ2v) is 18.7. The number of methoxy groups -OCH3 is 1. The molecule has 16 nitrogen and oxygen atoms in total. The Balaban J connectivity index is 1.22. The van der Waals surface area contributed by atoms with Gasteiger partial charge in [0, 0.05) is 35.9 Å². The number of sulfonamides is 1. The van der Waals surface area contributed by atoms with E-state index in [2.05, 4.69) is 20.5 Å². The number of thioether (sulfide) groups is 1. The van der Waals surface area contributed by atoms with E-state index in [9.17, 15) is 27.6 Å². The third-order valence-electron chi connectivity index (χ3n) is 10.1. The zero-order valence-corrected chi connectivity index (χ0v) is 33.4. The van der Waals surface area contributed by atoms with Crippen molar-refractivity contribution in [2.45, 2.75) is 93.9 Å². The predicted octanol–water partition coefficient (Wildman–Crippen LogP) is 3.24. The number of nitrogens with zero attached hydrogens (tertiary/aromatic N) is 4. The molecule has 0 bridgehead atoms. The van der Waals surface area contributed by atoms with Crippen molar-refractivity contribution in [2.75, 3.05) is 25.2 Å². The highest BCUT2D eigenvalue weighted by Crippen LogP contribution is 2.46. The second-order valence-electron chi connectivity index (χ2n) is 15.6. The van der Waals surface area contributed by atoms with Crippen LogP contribution in [0, 0.1) is 5.92 Å². The summed E-state index contributed by atoms with van der Waals surface area (Å²) in [6.45, 7) is 5.10. The summed E-state index contributed by atoms with van der Waals surface area (Å²) in [5.41, 5.74) is -2.35. The van der Waals surface area contributed by atoms with Gasteiger partial charge in [0.25, 0.3) is 5.91 Å². The highest BCUT2D eigenvalue weighted by atomic mass is 32.2. The number of carbonyl (C=O) groups is 4. The summed E-state index contributed by atoms with van der Waals surface area (Å²) in [6.07, 6.45) is 8.15. The lowest BCUT2D eigenvalue weighted by molar-refractivity contribution is -0.140. The van der Waals surface area contributed by atoms with Crippen molar-refractivity contribution in [2.24, 2.45) is 5.92 Å². The molecular weight excluding hydrogens is 763 g/mol. The molecule has 1 saturated heterocycles. The summed E-state index contributed by atoms with van der Waals surface area (Å²) in [6, 6.07) is 6.82. The fraction of sp³-hybridized carbons (Fsp3) is 0.526. The number of fused-ring (bicyclic) bond motifs is 3. The molecule has 0 radical (unpaired) electrons. The van der Waals surface area contributed by atoms with E-state index in [1.165, 1.54) is 16.7 Å². The minimum atomic E-state index is -3.91. The topological polar surface area (TPSA) is 200 Å². The molecule has 18 heteroatoms. The van der Waals surface area contributed by atoms with E-state index >= 15 is 0 Å². The molecule has 3 fully saturated rings. The van der Waals surface area contributed by atoms with Crippen LogP contribution in [0.5, 0.6) is 11.6 Å². The number of rotatable bonds is 8. The van der Waals surface area contributed by atoms with Crippen LogP contribution in [0.1, 0.15) is 59.3 Å². The van der Waals surface area contributed by atoms with Gasteiger partial charge in [-0.1, -0.05) is 12.2 Å². The van der Waals surface area contributed by atoms with Crippen LogP contribution in [-0.2, 0) is 29.1 Å². The summed E-state index contributed by atoms with van der Waals surface area (Å²) in [7, 11) is -2.34. The lowest BCUT2D eigenvalue weighted by atomic mass is 10.1. The lowest BCUT2D eigenvalue weighted by Crippen LogP contribution is -2.58. The van der Waals surface area contributed by atoms with Gasteiger partial charge in [0.15, 0.2) is 5.82 Å². The molecule has 3 N–H and O–H groups in total. The molecule has 3 aromatic rings. The van der Waals surface area contributed by atoms with E-state index < -0.39 is 74.3 Å². The number of ether oxygens (including phenoxy) is 3. The fourth-order valence-corrected chi connectivity index (χ4v) is 9.38. The number of amides is 4. The molecule has 4 heterocycles. The average Bonchev–Trinajstić information content (AvgIpc) is 4.00. The van der Waals surface area contributed by atoms with Gasteiger partial charge < -0.3 is 29.7 Å². The van der Waals surface area contributed by atoms with Gasteiger partial charge in [0.05, 0.1) is 18.9 Å². The van der Waals surface area contributed by atoms with Crippen LogP contribution >= 0.6 is 11.8 Å². The van der Waals surface area contributed by atoms with E-state index in [0.29, 0.717) is 42.0 Å². The number of hydrogen-bond acceptors (Lipinski definition) is 12. The maximum absolute atomic E-state index is 14.6. The summed E-state index contributed by atoms with van der Waals surface area (Å²) in [4.78, 5) is 62.0. The molecule has 56 heavy (non-hydrogen) atoms. The average molecular weight is 810 g/mol. The largest absolute Gasteiger partial charge is 0.497 e. The Bertz CT molecular complexity index is 2140. The fourth-order valence-electron chi connectivity index (χ4n) is 7.02.